The Morgan fingerprint density at radius 3 is 2.81 bits per heavy atom. The predicted octanol–water partition coefficient (Wildman–Crippen LogP) is -0.476. The maximum atomic E-state index is 12.7. The minimum absolute atomic E-state index is 0.0279. The number of phosphoric acid groups is 1. The number of phosphoric ester groups is 1. The number of hydrogen-bond donors (Lipinski definition) is 2. The fraction of sp³-hybridized carbons (Fsp3) is 0.533. The molecule has 0 saturated carbocycles. The van der Waals surface area contributed by atoms with Gasteiger partial charge in [-0.3, -0.25) is 19.0 Å². The number of imide groups is 1. The summed E-state index contributed by atoms with van der Waals surface area (Å²) < 4.78 is 25.8. The number of ether oxygens (including phenoxy) is 2. The van der Waals surface area contributed by atoms with E-state index in [0.717, 1.165) is 11.0 Å². The molecule has 0 radical (unpaired) electrons. The van der Waals surface area contributed by atoms with Crippen LogP contribution in [0.15, 0.2) is 24.8 Å². The quantitative estimate of drug-likeness (QED) is 0.141. The fourth-order valence-corrected chi connectivity index (χ4v) is 3.96. The van der Waals surface area contributed by atoms with Crippen LogP contribution in [-0.2, 0) is 32.9 Å². The van der Waals surface area contributed by atoms with E-state index >= 15 is 0 Å². The Hall–Kier alpha value is -1.84. The summed E-state index contributed by atoms with van der Waals surface area (Å²) in [5, 5.41) is 0. The van der Waals surface area contributed by atoms with Crippen molar-refractivity contribution in [1.29, 1.82) is 0 Å². The van der Waals surface area contributed by atoms with Crippen LogP contribution >= 0.6 is 7.82 Å². The van der Waals surface area contributed by atoms with Crippen molar-refractivity contribution in [2.24, 2.45) is 11.8 Å². The SMILES string of the molecule is C=CC(=O)OCC12C=CC(O1)C1C(=O)N(CCCOP(=O)(O)O)C(=O)C12. The molecule has 2 N–H and O–H groups in total. The molecule has 2 bridgehead atoms. The van der Waals surface area contributed by atoms with Gasteiger partial charge in [0, 0.05) is 12.6 Å². The first kappa shape index (κ1) is 18.9. The average molecular weight is 387 g/mol. The zero-order chi connectivity index (χ0) is 19.1. The summed E-state index contributed by atoms with van der Waals surface area (Å²) in [5.41, 5.74) is -1.18. The van der Waals surface area contributed by atoms with Crippen molar-refractivity contribution in [3.63, 3.8) is 0 Å². The Labute approximate surface area is 148 Å². The number of amides is 2. The van der Waals surface area contributed by atoms with Crippen LogP contribution in [0.3, 0.4) is 0 Å². The lowest BCUT2D eigenvalue weighted by Crippen LogP contribution is -2.44. The first-order valence-corrected chi connectivity index (χ1v) is 9.43. The second-order valence-corrected chi connectivity index (χ2v) is 7.46. The Balaban J connectivity index is 1.67. The topological polar surface area (TPSA) is 140 Å². The van der Waals surface area contributed by atoms with Crippen LogP contribution in [0.25, 0.3) is 0 Å². The molecule has 0 aliphatic carbocycles. The number of esters is 1. The molecule has 2 fully saturated rings. The lowest BCUT2D eigenvalue weighted by molar-refractivity contribution is -0.152. The molecule has 11 heteroatoms. The number of carbonyl (C=O) groups excluding carboxylic acids is 3. The van der Waals surface area contributed by atoms with Gasteiger partial charge >= 0.3 is 13.8 Å². The minimum atomic E-state index is -4.59. The van der Waals surface area contributed by atoms with E-state index in [1.165, 1.54) is 0 Å². The van der Waals surface area contributed by atoms with Crippen LogP contribution < -0.4 is 0 Å². The molecule has 4 unspecified atom stereocenters. The standard InChI is InChI=1S/C15H18NO9P/c1-2-10(17)23-8-15-5-4-9(25-15)11-12(15)14(19)16(13(11)18)6-3-7-24-26(20,21)22/h2,4-5,9,11-12H,1,3,6-8H2,(H2,20,21,22). The first-order valence-electron chi connectivity index (χ1n) is 7.90. The molecule has 3 aliphatic rings. The molecule has 2 amide bonds. The van der Waals surface area contributed by atoms with E-state index in [9.17, 15) is 18.9 Å². The number of carbonyl (C=O) groups is 3. The molecule has 0 aromatic carbocycles. The van der Waals surface area contributed by atoms with Gasteiger partial charge in [-0.05, 0) is 12.5 Å². The molecule has 3 heterocycles. The van der Waals surface area contributed by atoms with Gasteiger partial charge < -0.3 is 19.3 Å². The Morgan fingerprint density at radius 2 is 2.15 bits per heavy atom. The normalized spacial score (nSPS) is 32.2. The molecule has 3 rings (SSSR count). The van der Waals surface area contributed by atoms with Crippen LogP contribution in [0.5, 0.6) is 0 Å². The summed E-state index contributed by atoms with van der Waals surface area (Å²) in [6.45, 7) is 2.77. The largest absolute Gasteiger partial charge is 0.469 e. The van der Waals surface area contributed by atoms with Crippen molar-refractivity contribution >= 4 is 25.6 Å². The zero-order valence-electron chi connectivity index (χ0n) is 13.6. The van der Waals surface area contributed by atoms with Gasteiger partial charge in [-0.1, -0.05) is 12.7 Å². The van der Waals surface area contributed by atoms with E-state index in [4.69, 9.17) is 19.3 Å². The molecule has 142 valence electrons. The molecule has 0 aromatic rings. The van der Waals surface area contributed by atoms with Crippen molar-refractivity contribution in [1.82, 2.24) is 4.90 Å². The highest BCUT2D eigenvalue weighted by Crippen LogP contribution is 2.51. The van der Waals surface area contributed by atoms with Gasteiger partial charge in [-0.2, -0.15) is 0 Å². The number of rotatable bonds is 8. The van der Waals surface area contributed by atoms with Gasteiger partial charge in [0.25, 0.3) is 0 Å². The number of fused-ring (bicyclic) bond motifs is 5. The summed E-state index contributed by atoms with van der Waals surface area (Å²) in [7, 11) is -4.59. The van der Waals surface area contributed by atoms with Gasteiger partial charge in [0.05, 0.1) is 24.5 Å². The summed E-state index contributed by atoms with van der Waals surface area (Å²) in [4.78, 5) is 55.0. The van der Waals surface area contributed by atoms with Crippen molar-refractivity contribution in [2.75, 3.05) is 19.8 Å². The van der Waals surface area contributed by atoms with Gasteiger partial charge in [0.15, 0.2) is 0 Å². The van der Waals surface area contributed by atoms with E-state index in [2.05, 4.69) is 11.1 Å². The van der Waals surface area contributed by atoms with E-state index in [1.54, 1.807) is 12.2 Å². The molecule has 26 heavy (non-hydrogen) atoms. The van der Waals surface area contributed by atoms with Crippen molar-refractivity contribution < 1.29 is 42.7 Å². The molecule has 4 atom stereocenters. The van der Waals surface area contributed by atoms with Crippen LogP contribution in [-0.4, -0.2) is 63.9 Å². The highest BCUT2D eigenvalue weighted by atomic mass is 31.2. The molecule has 10 nitrogen and oxygen atoms in total. The molecule has 3 aliphatic heterocycles. The lowest BCUT2D eigenvalue weighted by atomic mass is 9.77. The van der Waals surface area contributed by atoms with Crippen LogP contribution in [0.4, 0.5) is 0 Å². The summed E-state index contributed by atoms with van der Waals surface area (Å²) >= 11 is 0. The van der Waals surface area contributed by atoms with Crippen LogP contribution in [0.1, 0.15) is 6.42 Å². The van der Waals surface area contributed by atoms with Gasteiger partial charge in [-0.25, -0.2) is 9.36 Å². The van der Waals surface area contributed by atoms with Crippen LogP contribution in [0, 0.1) is 11.8 Å². The average Bonchev–Trinajstić information content (AvgIpc) is 3.21. The third-order valence-corrected chi connectivity index (χ3v) is 5.16. The monoisotopic (exact) mass is 387 g/mol. The van der Waals surface area contributed by atoms with Crippen molar-refractivity contribution in [3.8, 4) is 0 Å². The fourth-order valence-electron chi connectivity index (χ4n) is 3.60. The predicted molar refractivity (Wildman–Crippen MR) is 84.2 cm³/mol. The third-order valence-electron chi connectivity index (χ3n) is 4.64. The Kier molecular flexibility index (Phi) is 4.89. The van der Waals surface area contributed by atoms with Crippen molar-refractivity contribution in [3.05, 3.63) is 24.8 Å². The van der Waals surface area contributed by atoms with E-state index < -0.39 is 49.1 Å². The van der Waals surface area contributed by atoms with Gasteiger partial charge in [-0.15, -0.1) is 0 Å². The Bertz CT molecular complexity index is 729. The van der Waals surface area contributed by atoms with E-state index in [0.29, 0.717) is 0 Å². The highest BCUT2D eigenvalue weighted by molar-refractivity contribution is 7.46. The van der Waals surface area contributed by atoms with Crippen molar-refractivity contribution in [2.45, 2.75) is 18.1 Å². The first-order chi connectivity index (χ1) is 12.2. The molecule has 0 spiro atoms. The lowest BCUT2D eigenvalue weighted by Gasteiger charge is -2.28. The molecular weight excluding hydrogens is 369 g/mol. The second kappa shape index (κ2) is 6.71. The van der Waals surface area contributed by atoms with Gasteiger partial charge in [0.2, 0.25) is 11.8 Å². The second-order valence-electron chi connectivity index (χ2n) is 6.22. The minimum Gasteiger partial charge on any atom is -0.459 e. The zero-order valence-corrected chi connectivity index (χ0v) is 14.5. The third kappa shape index (κ3) is 3.26. The van der Waals surface area contributed by atoms with E-state index in [-0.39, 0.29) is 26.2 Å². The summed E-state index contributed by atoms with van der Waals surface area (Å²) in [6, 6.07) is 0. The smallest absolute Gasteiger partial charge is 0.459 e. The molecule has 2 saturated heterocycles. The highest BCUT2D eigenvalue weighted by Gasteiger charge is 2.67. The number of likely N-dealkylation sites (tertiary alicyclic amines) is 1. The maximum Gasteiger partial charge on any atom is 0.469 e. The number of nitrogens with zero attached hydrogens (tertiary/aromatic N) is 1. The maximum absolute atomic E-state index is 12.7. The summed E-state index contributed by atoms with van der Waals surface area (Å²) in [5.74, 6) is -3.03. The molecule has 0 aromatic heterocycles. The summed E-state index contributed by atoms with van der Waals surface area (Å²) in [6.07, 6.45) is 3.82. The number of hydrogen-bond acceptors (Lipinski definition) is 7. The van der Waals surface area contributed by atoms with Gasteiger partial charge in [0.1, 0.15) is 12.2 Å². The molecular formula is C15H18NO9P. The van der Waals surface area contributed by atoms with Crippen LogP contribution in [0.2, 0.25) is 0 Å². The van der Waals surface area contributed by atoms with E-state index in [1.807, 2.05) is 0 Å². The Morgan fingerprint density at radius 1 is 1.42 bits per heavy atom.